The van der Waals surface area contributed by atoms with Gasteiger partial charge < -0.3 is 19.9 Å². The maximum Gasteiger partial charge on any atom is 0.404 e. The van der Waals surface area contributed by atoms with Crippen LogP contribution in [0.15, 0.2) is 24.3 Å². The van der Waals surface area contributed by atoms with Crippen LogP contribution in [0.3, 0.4) is 0 Å². The molecule has 1 aliphatic rings. The van der Waals surface area contributed by atoms with Crippen molar-refractivity contribution in [2.45, 2.75) is 24.9 Å². The molecule has 1 saturated carbocycles. The van der Waals surface area contributed by atoms with Crippen LogP contribution in [0.2, 0.25) is 5.02 Å². The lowest BCUT2D eigenvalue weighted by Gasteiger charge is -2.18. The molecule has 6 heteroatoms. The minimum absolute atomic E-state index is 0.119. The third-order valence-electron chi connectivity index (χ3n) is 3.64. The Labute approximate surface area is 129 Å². The number of methoxy groups -OCH3 is 1. The molecule has 3 atom stereocenters. The highest BCUT2D eigenvalue weighted by Crippen LogP contribution is 2.48. The van der Waals surface area contributed by atoms with Crippen LogP contribution in [-0.2, 0) is 14.2 Å². The van der Waals surface area contributed by atoms with Gasteiger partial charge in [-0.25, -0.2) is 4.79 Å². The fourth-order valence-corrected chi connectivity index (χ4v) is 2.90. The summed E-state index contributed by atoms with van der Waals surface area (Å²) in [6.07, 6.45) is 0.752. The van der Waals surface area contributed by atoms with E-state index in [4.69, 9.17) is 31.5 Å². The monoisotopic (exact) mass is 313 g/mol. The van der Waals surface area contributed by atoms with Crippen molar-refractivity contribution in [3.05, 3.63) is 34.9 Å². The zero-order valence-corrected chi connectivity index (χ0v) is 12.7. The molecule has 1 fully saturated rings. The Morgan fingerprint density at radius 2 is 2.24 bits per heavy atom. The first kappa shape index (κ1) is 16.1. The summed E-state index contributed by atoms with van der Waals surface area (Å²) < 4.78 is 15.3. The van der Waals surface area contributed by atoms with Crippen LogP contribution in [-0.4, -0.2) is 32.7 Å². The molecule has 21 heavy (non-hydrogen) atoms. The van der Waals surface area contributed by atoms with Crippen molar-refractivity contribution in [1.82, 2.24) is 0 Å². The normalized spacial score (nSPS) is 21.8. The van der Waals surface area contributed by atoms with Gasteiger partial charge in [-0.3, -0.25) is 0 Å². The van der Waals surface area contributed by atoms with E-state index in [0.29, 0.717) is 6.61 Å². The third kappa shape index (κ3) is 4.59. The van der Waals surface area contributed by atoms with E-state index >= 15 is 0 Å². The fourth-order valence-electron chi connectivity index (χ4n) is 2.63. The molecule has 1 amide bonds. The second-order valence-electron chi connectivity index (χ2n) is 5.11. The number of hydrogen-bond donors (Lipinski definition) is 1. The van der Waals surface area contributed by atoms with Crippen LogP contribution in [0.1, 0.15) is 24.3 Å². The minimum Gasteiger partial charge on any atom is -0.446 e. The lowest BCUT2D eigenvalue weighted by molar-refractivity contribution is -0.0332. The van der Waals surface area contributed by atoms with E-state index in [1.807, 2.05) is 24.3 Å². The Kier molecular flexibility index (Phi) is 5.85. The molecule has 1 aliphatic carbocycles. The number of carbonyl (C=O) groups excluding carboxylic acids is 1. The van der Waals surface area contributed by atoms with E-state index in [9.17, 15) is 4.79 Å². The molecule has 0 radical (unpaired) electrons. The average Bonchev–Trinajstić information content (AvgIpc) is 3.18. The van der Waals surface area contributed by atoms with Crippen LogP contribution in [0, 0.1) is 5.92 Å². The van der Waals surface area contributed by atoms with Gasteiger partial charge in [0.15, 0.2) is 0 Å². The van der Waals surface area contributed by atoms with Crippen LogP contribution in [0.5, 0.6) is 0 Å². The van der Waals surface area contributed by atoms with Crippen molar-refractivity contribution in [3.63, 3.8) is 0 Å². The standard InChI is InChI=1S/C15H20ClNO4/c1-19-9-20-7-6-10(11-4-2-3-5-13(11)16)12-8-14(12)21-15(17)18/h2-5,10,12,14H,6-9H2,1H3,(H2,17,18)/t10-,12+,14?/m1/s1. The number of ether oxygens (including phenoxy) is 3. The summed E-state index contributed by atoms with van der Waals surface area (Å²) in [5.74, 6) is 0.420. The van der Waals surface area contributed by atoms with Crippen LogP contribution >= 0.6 is 11.6 Å². The molecule has 0 spiro atoms. The molecule has 0 aromatic heterocycles. The maximum absolute atomic E-state index is 10.9. The fraction of sp³-hybridized carbons (Fsp3) is 0.533. The molecule has 0 saturated heterocycles. The number of carbonyl (C=O) groups is 1. The van der Waals surface area contributed by atoms with Crippen LogP contribution in [0.4, 0.5) is 4.79 Å². The quantitative estimate of drug-likeness (QED) is 0.591. The lowest BCUT2D eigenvalue weighted by atomic mass is 9.91. The van der Waals surface area contributed by atoms with Gasteiger partial charge in [-0.1, -0.05) is 29.8 Å². The zero-order chi connectivity index (χ0) is 15.2. The molecule has 5 nitrogen and oxygen atoms in total. The number of primary amides is 1. The van der Waals surface area contributed by atoms with E-state index < -0.39 is 6.09 Å². The van der Waals surface area contributed by atoms with Gasteiger partial charge in [-0.15, -0.1) is 0 Å². The Morgan fingerprint density at radius 3 is 2.90 bits per heavy atom. The van der Waals surface area contributed by atoms with Gasteiger partial charge >= 0.3 is 6.09 Å². The van der Waals surface area contributed by atoms with Crippen molar-refractivity contribution in [2.75, 3.05) is 20.5 Å². The van der Waals surface area contributed by atoms with Gasteiger partial charge in [0.05, 0.1) is 6.61 Å². The van der Waals surface area contributed by atoms with Crippen LogP contribution < -0.4 is 5.73 Å². The zero-order valence-electron chi connectivity index (χ0n) is 12.0. The van der Waals surface area contributed by atoms with Gasteiger partial charge in [0.25, 0.3) is 0 Å². The molecule has 0 heterocycles. The number of halogens is 1. The smallest absolute Gasteiger partial charge is 0.404 e. The Morgan fingerprint density at radius 1 is 1.48 bits per heavy atom. The highest BCUT2D eigenvalue weighted by Gasteiger charge is 2.46. The van der Waals surface area contributed by atoms with Crippen molar-refractivity contribution >= 4 is 17.7 Å². The largest absolute Gasteiger partial charge is 0.446 e. The van der Waals surface area contributed by atoms with Gasteiger partial charge in [0.1, 0.15) is 12.9 Å². The van der Waals surface area contributed by atoms with Crippen molar-refractivity contribution < 1.29 is 19.0 Å². The number of hydrogen-bond acceptors (Lipinski definition) is 4. The van der Waals surface area contributed by atoms with E-state index in [1.54, 1.807) is 7.11 Å². The molecular formula is C15H20ClNO4. The first-order valence-electron chi connectivity index (χ1n) is 6.90. The van der Waals surface area contributed by atoms with Gasteiger partial charge in [0, 0.05) is 18.1 Å². The summed E-state index contributed by atoms with van der Waals surface area (Å²) in [6.45, 7) is 0.824. The Hall–Kier alpha value is -1.30. The number of rotatable bonds is 8. The summed E-state index contributed by atoms with van der Waals surface area (Å²) in [7, 11) is 1.59. The maximum atomic E-state index is 10.9. The third-order valence-corrected chi connectivity index (χ3v) is 3.99. The van der Waals surface area contributed by atoms with E-state index in [-0.39, 0.29) is 24.7 Å². The highest BCUT2D eigenvalue weighted by molar-refractivity contribution is 6.31. The highest BCUT2D eigenvalue weighted by atomic mass is 35.5. The lowest BCUT2D eigenvalue weighted by Crippen LogP contribution is -2.17. The molecule has 2 rings (SSSR count). The predicted octanol–water partition coefficient (Wildman–Crippen LogP) is 2.92. The summed E-state index contributed by atoms with van der Waals surface area (Å²) in [5, 5.41) is 0.721. The summed E-state index contributed by atoms with van der Waals surface area (Å²) >= 11 is 6.29. The second-order valence-corrected chi connectivity index (χ2v) is 5.51. The van der Waals surface area contributed by atoms with Crippen molar-refractivity contribution in [3.8, 4) is 0 Å². The summed E-state index contributed by atoms with van der Waals surface area (Å²) in [5.41, 5.74) is 6.13. The van der Waals surface area contributed by atoms with E-state index in [1.165, 1.54) is 0 Å². The predicted molar refractivity (Wildman–Crippen MR) is 79.2 cm³/mol. The molecule has 116 valence electrons. The average molecular weight is 314 g/mol. The van der Waals surface area contributed by atoms with Crippen LogP contribution in [0.25, 0.3) is 0 Å². The van der Waals surface area contributed by atoms with E-state index in [2.05, 4.69) is 0 Å². The molecule has 2 N–H and O–H groups in total. The summed E-state index contributed by atoms with van der Waals surface area (Å²) in [4.78, 5) is 10.9. The molecule has 1 aromatic rings. The summed E-state index contributed by atoms with van der Waals surface area (Å²) in [6, 6.07) is 7.72. The Bertz CT molecular complexity index is 482. The molecule has 1 unspecified atom stereocenters. The van der Waals surface area contributed by atoms with E-state index in [0.717, 1.165) is 23.4 Å². The number of nitrogens with two attached hydrogens (primary N) is 1. The SMILES string of the molecule is COCOCC[C@H](c1ccccc1Cl)[C@@H]1CC1OC(N)=O. The van der Waals surface area contributed by atoms with Gasteiger partial charge in [-0.2, -0.15) is 0 Å². The minimum atomic E-state index is -0.726. The number of benzene rings is 1. The Balaban J connectivity index is 2.01. The molecule has 1 aromatic carbocycles. The van der Waals surface area contributed by atoms with Gasteiger partial charge in [-0.05, 0) is 30.4 Å². The first-order valence-corrected chi connectivity index (χ1v) is 7.28. The number of amides is 1. The second kappa shape index (κ2) is 7.64. The molecule has 0 bridgehead atoms. The molecular weight excluding hydrogens is 294 g/mol. The van der Waals surface area contributed by atoms with Crippen molar-refractivity contribution in [1.29, 1.82) is 0 Å². The molecule has 0 aliphatic heterocycles. The van der Waals surface area contributed by atoms with Gasteiger partial charge in [0.2, 0.25) is 0 Å². The van der Waals surface area contributed by atoms with Crippen molar-refractivity contribution in [2.24, 2.45) is 11.7 Å². The topological polar surface area (TPSA) is 70.8 Å². The first-order chi connectivity index (χ1) is 10.1.